The summed E-state index contributed by atoms with van der Waals surface area (Å²) in [5.74, 6) is -2.58. The molecule has 0 radical (unpaired) electrons. The van der Waals surface area contributed by atoms with E-state index in [-0.39, 0.29) is 16.6 Å². The standard InChI is InChI=1S/C13H8BrF3N2O2/c14-9-4-8(1-2-10(9)15)18-6-7-3-13(19(20)21)12(17)5-11(7)16/h1-5,18H,6H2. The van der Waals surface area contributed by atoms with Crippen LogP contribution in [0.15, 0.2) is 34.8 Å². The zero-order valence-corrected chi connectivity index (χ0v) is 12.0. The summed E-state index contributed by atoms with van der Waals surface area (Å²) in [5, 5.41) is 13.4. The molecule has 0 aliphatic carbocycles. The van der Waals surface area contributed by atoms with Gasteiger partial charge in [0.15, 0.2) is 0 Å². The van der Waals surface area contributed by atoms with Gasteiger partial charge < -0.3 is 5.32 Å². The average Bonchev–Trinajstić information content (AvgIpc) is 2.41. The minimum atomic E-state index is -1.23. The lowest BCUT2D eigenvalue weighted by molar-refractivity contribution is -0.387. The Hall–Kier alpha value is -2.09. The molecule has 0 aromatic heterocycles. The van der Waals surface area contributed by atoms with Gasteiger partial charge in [-0.2, -0.15) is 4.39 Å². The van der Waals surface area contributed by atoms with Gasteiger partial charge >= 0.3 is 5.69 Å². The summed E-state index contributed by atoms with van der Waals surface area (Å²) in [6.45, 7) is -0.106. The van der Waals surface area contributed by atoms with Crippen molar-refractivity contribution in [3.63, 3.8) is 0 Å². The Morgan fingerprint density at radius 3 is 2.43 bits per heavy atom. The van der Waals surface area contributed by atoms with E-state index in [0.29, 0.717) is 11.8 Å². The van der Waals surface area contributed by atoms with Gasteiger partial charge in [-0.15, -0.1) is 0 Å². The Labute approximate surface area is 125 Å². The molecule has 8 heteroatoms. The molecule has 0 saturated carbocycles. The molecular weight excluding hydrogens is 353 g/mol. The molecule has 21 heavy (non-hydrogen) atoms. The minimum absolute atomic E-state index is 0.0662. The topological polar surface area (TPSA) is 55.2 Å². The number of anilines is 1. The first-order valence-electron chi connectivity index (χ1n) is 5.69. The second-order valence-electron chi connectivity index (χ2n) is 4.13. The minimum Gasteiger partial charge on any atom is -0.381 e. The van der Waals surface area contributed by atoms with E-state index >= 15 is 0 Å². The molecule has 0 aliphatic heterocycles. The molecule has 0 atom stereocenters. The fraction of sp³-hybridized carbons (Fsp3) is 0.0769. The van der Waals surface area contributed by atoms with Crippen LogP contribution in [0.2, 0.25) is 0 Å². The summed E-state index contributed by atoms with van der Waals surface area (Å²) < 4.78 is 40.0. The van der Waals surface area contributed by atoms with Crippen molar-refractivity contribution in [3.8, 4) is 0 Å². The molecule has 4 nitrogen and oxygen atoms in total. The van der Waals surface area contributed by atoms with Gasteiger partial charge in [0.05, 0.1) is 9.40 Å². The zero-order valence-electron chi connectivity index (χ0n) is 10.4. The number of halogens is 4. The molecule has 0 aliphatic rings. The van der Waals surface area contributed by atoms with Crippen LogP contribution in [-0.4, -0.2) is 4.92 Å². The van der Waals surface area contributed by atoms with Crippen molar-refractivity contribution in [3.05, 3.63) is 67.9 Å². The number of rotatable bonds is 4. The number of nitro benzene ring substituents is 1. The third-order valence-electron chi connectivity index (χ3n) is 2.72. The van der Waals surface area contributed by atoms with Crippen molar-refractivity contribution in [2.45, 2.75) is 6.54 Å². The normalized spacial score (nSPS) is 10.5. The lowest BCUT2D eigenvalue weighted by Gasteiger charge is -2.08. The third kappa shape index (κ3) is 3.52. The molecule has 0 spiro atoms. The second-order valence-corrected chi connectivity index (χ2v) is 4.99. The molecule has 2 rings (SSSR count). The first-order valence-corrected chi connectivity index (χ1v) is 6.49. The Kier molecular flexibility index (Phi) is 4.46. The van der Waals surface area contributed by atoms with Gasteiger partial charge in [0.2, 0.25) is 5.82 Å². The molecule has 1 N–H and O–H groups in total. The van der Waals surface area contributed by atoms with Gasteiger partial charge in [0.25, 0.3) is 0 Å². The van der Waals surface area contributed by atoms with E-state index in [2.05, 4.69) is 21.2 Å². The summed E-state index contributed by atoms with van der Waals surface area (Å²) in [7, 11) is 0. The highest BCUT2D eigenvalue weighted by Crippen LogP contribution is 2.24. The number of nitrogens with zero attached hydrogens (tertiary/aromatic N) is 1. The lowest BCUT2D eigenvalue weighted by atomic mass is 10.1. The molecular formula is C13H8BrF3N2O2. The van der Waals surface area contributed by atoms with E-state index in [1.165, 1.54) is 18.2 Å². The molecule has 2 aromatic rings. The van der Waals surface area contributed by atoms with Crippen LogP contribution in [0.5, 0.6) is 0 Å². The Morgan fingerprint density at radius 1 is 1.10 bits per heavy atom. The average molecular weight is 361 g/mol. The Balaban J connectivity index is 2.21. The maximum absolute atomic E-state index is 13.6. The summed E-state index contributed by atoms with van der Waals surface area (Å²) in [5.41, 5.74) is -0.383. The highest BCUT2D eigenvalue weighted by molar-refractivity contribution is 9.10. The monoisotopic (exact) mass is 360 g/mol. The van der Waals surface area contributed by atoms with Crippen LogP contribution in [0.25, 0.3) is 0 Å². The number of hydrogen-bond acceptors (Lipinski definition) is 3. The van der Waals surface area contributed by atoms with Crippen molar-refractivity contribution in [2.24, 2.45) is 0 Å². The highest BCUT2D eigenvalue weighted by Gasteiger charge is 2.18. The highest BCUT2D eigenvalue weighted by atomic mass is 79.9. The van der Waals surface area contributed by atoms with Crippen LogP contribution in [-0.2, 0) is 6.54 Å². The number of benzene rings is 2. The van der Waals surface area contributed by atoms with Gasteiger partial charge in [-0.05, 0) is 34.1 Å². The maximum atomic E-state index is 13.6. The smallest absolute Gasteiger partial charge is 0.305 e. The predicted molar refractivity (Wildman–Crippen MR) is 74.4 cm³/mol. The van der Waals surface area contributed by atoms with Crippen LogP contribution in [0.4, 0.5) is 24.5 Å². The van der Waals surface area contributed by atoms with Gasteiger partial charge in [-0.25, -0.2) is 8.78 Å². The van der Waals surface area contributed by atoms with Crippen molar-refractivity contribution in [1.82, 2.24) is 0 Å². The first-order chi connectivity index (χ1) is 9.88. The van der Waals surface area contributed by atoms with Crippen LogP contribution in [0, 0.1) is 27.6 Å². The molecule has 0 heterocycles. The van der Waals surface area contributed by atoms with Gasteiger partial charge in [0.1, 0.15) is 11.6 Å². The largest absolute Gasteiger partial charge is 0.381 e. The fourth-order valence-electron chi connectivity index (χ4n) is 1.66. The fourth-order valence-corrected chi connectivity index (χ4v) is 2.04. The summed E-state index contributed by atoms with van der Waals surface area (Å²) in [6, 6.07) is 5.36. The molecule has 2 aromatic carbocycles. The van der Waals surface area contributed by atoms with E-state index in [1.807, 2.05) is 0 Å². The molecule has 110 valence electrons. The van der Waals surface area contributed by atoms with Crippen molar-refractivity contribution in [2.75, 3.05) is 5.32 Å². The van der Waals surface area contributed by atoms with Gasteiger partial charge in [-0.3, -0.25) is 10.1 Å². The number of nitrogens with one attached hydrogen (secondary N) is 1. The van der Waals surface area contributed by atoms with E-state index in [4.69, 9.17) is 0 Å². The third-order valence-corrected chi connectivity index (χ3v) is 3.32. The van der Waals surface area contributed by atoms with Crippen molar-refractivity contribution < 1.29 is 18.1 Å². The second kappa shape index (κ2) is 6.13. The van der Waals surface area contributed by atoms with Crippen molar-refractivity contribution >= 4 is 27.3 Å². The van der Waals surface area contributed by atoms with Crippen LogP contribution in [0.1, 0.15) is 5.56 Å². The van der Waals surface area contributed by atoms with Gasteiger partial charge in [0, 0.05) is 29.9 Å². The molecule has 0 saturated heterocycles. The lowest BCUT2D eigenvalue weighted by Crippen LogP contribution is -2.04. The van der Waals surface area contributed by atoms with Gasteiger partial charge in [-0.1, -0.05) is 0 Å². The summed E-state index contributed by atoms with van der Waals surface area (Å²) >= 11 is 3.00. The van der Waals surface area contributed by atoms with E-state index in [9.17, 15) is 23.3 Å². The van der Waals surface area contributed by atoms with Crippen LogP contribution >= 0.6 is 15.9 Å². The summed E-state index contributed by atoms with van der Waals surface area (Å²) in [6.07, 6.45) is 0. The molecule has 0 amide bonds. The van der Waals surface area contributed by atoms with Crippen LogP contribution in [0.3, 0.4) is 0 Å². The summed E-state index contributed by atoms with van der Waals surface area (Å²) in [4.78, 5) is 9.69. The predicted octanol–water partition coefficient (Wildman–Crippen LogP) is 4.39. The first kappa shape index (κ1) is 15.3. The molecule has 0 fully saturated rings. The van der Waals surface area contributed by atoms with E-state index in [1.54, 1.807) is 0 Å². The number of nitro groups is 1. The molecule has 0 unspecified atom stereocenters. The Bertz CT molecular complexity index is 710. The zero-order chi connectivity index (χ0) is 15.6. The number of hydrogen-bond donors (Lipinski definition) is 1. The van der Waals surface area contributed by atoms with E-state index < -0.39 is 28.1 Å². The maximum Gasteiger partial charge on any atom is 0.305 e. The Morgan fingerprint density at radius 2 is 1.81 bits per heavy atom. The SMILES string of the molecule is O=[N+]([O-])c1cc(CNc2ccc(F)c(Br)c2)c(F)cc1F. The van der Waals surface area contributed by atoms with Crippen LogP contribution < -0.4 is 5.32 Å². The molecule has 0 bridgehead atoms. The van der Waals surface area contributed by atoms with E-state index in [0.717, 1.165) is 6.07 Å². The van der Waals surface area contributed by atoms with Crippen molar-refractivity contribution in [1.29, 1.82) is 0 Å². The quantitative estimate of drug-likeness (QED) is 0.649.